The molecule has 2 aliphatic heterocycles. The lowest BCUT2D eigenvalue weighted by atomic mass is 10.0. The molecule has 5 rings (SSSR count). The largest absolute Gasteiger partial charge is 0.507 e. The molecule has 1 atom stereocenters. The minimum absolute atomic E-state index is 0.00611. The van der Waals surface area contributed by atoms with Crippen LogP contribution in [0.2, 0.25) is 5.02 Å². The fourth-order valence-corrected chi connectivity index (χ4v) is 5.27. The first kappa shape index (κ1) is 24.2. The Bertz CT molecular complexity index is 1360. The monoisotopic (exact) mass is 513 g/mol. The average Bonchev–Trinajstić information content (AvgIpc) is 2.83. The van der Waals surface area contributed by atoms with E-state index in [1.54, 1.807) is 4.90 Å². The Morgan fingerprint density at radius 3 is 2.56 bits per heavy atom. The molecule has 3 aromatic rings. The lowest BCUT2D eigenvalue weighted by molar-refractivity contribution is -0.126. The summed E-state index contributed by atoms with van der Waals surface area (Å²) in [5.74, 6) is -0.857. The molecular weight excluding hydrogens is 488 g/mol. The van der Waals surface area contributed by atoms with E-state index in [1.165, 1.54) is 24.3 Å². The SMILES string of the molecule is C=CC(=O)N1CCN(c2nc(N3CC(C)C3)nc3c(F)c(-c4c(O)cccc4F)c(Cl)cc23)[C@@H](C)C1. The predicted molar refractivity (Wildman–Crippen MR) is 137 cm³/mol. The van der Waals surface area contributed by atoms with E-state index in [-0.39, 0.29) is 33.6 Å². The van der Waals surface area contributed by atoms with Gasteiger partial charge in [0.15, 0.2) is 5.82 Å². The van der Waals surface area contributed by atoms with E-state index in [0.717, 1.165) is 19.2 Å². The maximum atomic E-state index is 16.1. The van der Waals surface area contributed by atoms with Crippen molar-refractivity contribution in [2.75, 3.05) is 42.5 Å². The number of aromatic hydroxyl groups is 1. The lowest BCUT2D eigenvalue weighted by Gasteiger charge is -2.42. The van der Waals surface area contributed by atoms with Crippen molar-refractivity contribution in [3.8, 4) is 16.9 Å². The third-order valence-electron chi connectivity index (χ3n) is 6.83. The van der Waals surface area contributed by atoms with Crippen molar-refractivity contribution < 1.29 is 18.7 Å². The Kier molecular flexibility index (Phi) is 6.20. The van der Waals surface area contributed by atoms with Crippen LogP contribution in [0.1, 0.15) is 13.8 Å². The van der Waals surface area contributed by atoms with Crippen LogP contribution in [-0.4, -0.2) is 64.6 Å². The van der Waals surface area contributed by atoms with E-state index in [2.05, 4.69) is 18.5 Å². The summed E-state index contributed by atoms with van der Waals surface area (Å²) in [7, 11) is 0. The molecule has 0 saturated carbocycles. The number of rotatable bonds is 4. The summed E-state index contributed by atoms with van der Waals surface area (Å²) in [6.07, 6.45) is 1.29. The van der Waals surface area contributed by atoms with E-state index in [9.17, 15) is 14.3 Å². The number of hydrogen-bond acceptors (Lipinski definition) is 6. The summed E-state index contributed by atoms with van der Waals surface area (Å²) in [6.45, 7) is 10.5. The Morgan fingerprint density at radius 2 is 1.92 bits per heavy atom. The van der Waals surface area contributed by atoms with Crippen LogP contribution in [0, 0.1) is 17.6 Å². The zero-order valence-electron chi connectivity index (χ0n) is 20.0. The first-order chi connectivity index (χ1) is 17.2. The number of amides is 1. The van der Waals surface area contributed by atoms with Crippen LogP contribution in [0.15, 0.2) is 36.9 Å². The van der Waals surface area contributed by atoms with E-state index >= 15 is 4.39 Å². The summed E-state index contributed by atoms with van der Waals surface area (Å²) in [4.78, 5) is 27.2. The molecule has 3 heterocycles. The molecule has 0 unspecified atom stereocenters. The molecule has 1 N–H and O–H groups in total. The second kappa shape index (κ2) is 9.20. The molecule has 188 valence electrons. The van der Waals surface area contributed by atoms with Gasteiger partial charge in [-0.05, 0) is 37.1 Å². The number of carbonyl (C=O) groups excluding carboxylic acids is 1. The van der Waals surface area contributed by atoms with Gasteiger partial charge in [-0.1, -0.05) is 31.2 Å². The summed E-state index contributed by atoms with van der Waals surface area (Å²) < 4.78 is 30.8. The van der Waals surface area contributed by atoms with Crippen LogP contribution in [-0.2, 0) is 4.79 Å². The van der Waals surface area contributed by atoms with Gasteiger partial charge in [0.2, 0.25) is 11.9 Å². The number of benzene rings is 2. The summed E-state index contributed by atoms with van der Waals surface area (Å²) in [5.41, 5.74) is -0.568. The molecular formula is C26H26ClF2N5O2. The van der Waals surface area contributed by atoms with Crippen LogP contribution in [0.25, 0.3) is 22.0 Å². The normalized spacial score (nSPS) is 18.5. The highest BCUT2D eigenvalue weighted by Crippen LogP contribution is 2.43. The van der Waals surface area contributed by atoms with Crippen molar-refractivity contribution in [3.63, 3.8) is 0 Å². The zero-order chi connectivity index (χ0) is 25.7. The smallest absolute Gasteiger partial charge is 0.246 e. The predicted octanol–water partition coefficient (Wildman–Crippen LogP) is 4.61. The number of carbonyl (C=O) groups is 1. The van der Waals surface area contributed by atoms with E-state index in [0.29, 0.717) is 42.7 Å². The zero-order valence-corrected chi connectivity index (χ0v) is 20.8. The summed E-state index contributed by atoms with van der Waals surface area (Å²) in [6, 6.07) is 5.15. The first-order valence-electron chi connectivity index (χ1n) is 11.8. The minimum atomic E-state index is -0.829. The van der Waals surface area contributed by atoms with Gasteiger partial charge < -0.3 is 19.8 Å². The molecule has 0 aliphatic carbocycles. The van der Waals surface area contributed by atoms with Gasteiger partial charge in [0.25, 0.3) is 0 Å². The number of hydrogen-bond donors (Lipinski definition) is 1. The number of piperazine rings is 1. The number of fused-ring (bicyclic) bond motifs is 1. The second-order valence-corrected chi connectivity index (χ2v) is 9.87. The molecule has 7 nitrogen and oxygen atoms in total. The Morgan fingerprint density at radius 1 is 1.17 bits per heavy atom. The highest BCUT2D eigenvalue weighted by Gasteiger charge is 2.32. The first-order valence-corrected chi connectivity index (χ1v) is 12.2. The number of phenols is 1. The molecule has 1 amide bonds. The van der Waals surface area contributed by atoms with Crippen molar-refractivity contribution in [1.29, 1.82) is 0 Å². The third-order valence-corrected chi connectivity index (χ3v) is 7.12. The molecule has 2 fully saturated rings. The minimum Gasteiger partial charge on any atom is -0.507 e. The van der Waals surface area contributed by atoms with Crippen LogP contribution < -0.4 is 9.80 Å². The van der Waals surface area contributed by atoms with Crippen molar-refractivity contribution in [1.82, 2.24) is 14.9 Å². The van der Waals surface area contributed by atoms with E-state index in [4.69, 9.17) is 16.6 Å². The van der Waals surface area contributed by atoms with Gasteiger partial charge in [-0.2, -0.15) is 4.98 Å². The molecule has 0 bridgehead atoms. The van der Waals surface area contributed by atoms with Crippen LogP contribution >= 0.6 is 11.6 Å². The molecule has 2 aromatic carbocycles. The summed E-state index contributed by atoms with van der Waals surface area (Å²) >= 11 is 6.51. The maximum Gasteiger partial charge on any atom is 0.246 e. The van der Waals surface area contributed by atoms with Gasteiger partial charge in [0, 0.05) is 49.7 Å². The second-order valence-electron chi connectivity index (χ2n) is 9.47. The molecule has 1 aromatic heterocycles. The van der Waals surface area contributed by atoms with E-state index < -0.39 is 17.4 Å². The fourth-order valence-electron chi connectivity index (χ4n) is 4.98. The standard InChI is InChI=1S/C26H26ClF2N5O2/c1-4-20(36)32-8-9-34(15(3)13-32)25-16-10-17(27)21(22-18(28)6-5-7-19(22)35)23(29)24(16)30-26(31-25)33-11-14(2)12-33/h4-7,10,14-15,35H,1,8-9,11-13H2,2-3H3/t15-/m0/s1. The van der Waals surface area contributed by atoms with Crippen LogP contribution in [0.4, 0.5) is 20.5 Å². The van der Waals surface area contributed by atoms with Gasteiger partial charge in [-0.3, -0.25) is 4.79 Å². The van der Waals surface area contributed by atoms with Crippen LogP contribution in [0.3, 0.4) is 0 Å². The molecule has 36 heavy (non-hydrogen) atoms. The third kappa shape index (κ3) is 4.01. The Labute approximate surface area is 212 Å². The topological polar surface area (TPSA) is 72.8 Å². The maximum absolute atomic E-state index is 16.1. The number of halogens is 3. The van der Waals surface area contributed by atoms with Gasteiger partial charge in [-0.15, -0.1) is 0 Å². The van der Waals surface area contributed by atoms with E-state index in [1.807, 2.05) is 16.7 Å². The lowest BCUT2D eigenvalue weighted by Crippen LogP contribution is -2.54. The number of nitrogens with zero attached hydrogens (tertiary/aromatic N) is 5. The Hall–Kier alpha value is -3.46. The number of phenolic OH excluding ortho intramolecular Hbond substituents is 1. The molecule has 2 saturated heterocycles. The van der Waals surface area contributed by atoms with Gasteiger partial charge >= 0.3 is 0 Å². The number of anilines is 2. The average molecular weight is 514 g/mol. The number of aromatic nitrogens is 2. The highest BCUT2D eigenvalue weighted by atomic mass is 35.5. The Balaban J connectivity index is 1.69. The fraction of sp³-hybridized carbons (Fsp3) is 0.346. The van der Waals surface area contributed by atoms with Crippen molar-refractivity contribution >= 4 is 40.2 Å². The van der Waals surface area contributed by atoms with Gasteiger partial charge in [0.1, 0.15) is 22.9 Å². The quantitative estimate of drug-likeness (QED) is 0.514. The van der Waals surface area contributed by atoms with Gasteiger partial charge in [0.05, 0.1) is 10.6 Å². The molecule has 0 spiro atoms. The molecule has 0 radical (unpaired) electrons. The van der Waals surface area contributed by atoms with Crippen molar-refractivity contribution in [2.45, 2.75) is 19.9 Å². The van der Waals surface area contributed by atoms with Crippen LogP contribution in [0.5, 0.6) is 5.75 Å². The van der Waals surface area contributed by atoms with Crippen molar-refractivity contribution in [2.24, 2.45) is 5.92 Å². The molecule has 10 heteroatoms. The van der Waals surface area contributed by atoms with Gasteiger partial charge in [-0.25, -0.2) is 13.8 Å². The highest BCUT2D eigenvalue weighted by molar-refractivity contribution is 6.34. The summed E-state index contributed by atoms with van der Waals surface area (Å²) in [5, 5.41) is 10.6. The molecule has 2 aliphatic rings. The van der Waals surface area contributed by atoms with Crippen molar-refractivity contribution in [3.05, 3.63) is 53.6 Å².